The molecule has 0 unspecified atom stereocenters. The fourth-order valence-electron chi connectivity index (χ4n) is 1.58. The van der Waals surface area contributed by atoms with Crippen molar-refractivity contribution in [3.8, 4) is 0 Å². The zero-order valence-corrected chi connectivity index (χ0v) is 13.2. The van der Waals surface area contributed by atoms with Crippen LogP contribution < -0.4 is 5.32 Å². The van der Waals surface area contributed by atoms with Gasteiger partial charge in [-0.2, -0.15) is 0 Å². The van der Waals surface area contributed by atoms with Gasteiger partial charge in [0, 0.05) is 14.7 Å². The third-order valence-corrected chi connectivity index (χ3v) is 3.72. The predicted octanol–water partition coefficient (Wildman–Crippen LogP) is 4.24. The van der Waals surface area contributed by atoms with E-state index in [1.807, 2.05) is 22.6 Å². The van der Waals surface area contributed by atoms with E-state index in [9.17, 15) is 19.3 Å². The van der Waals surface area contributed by atoms with Crippen molar-refractivity contribution in [1.29, 1.82) is 0 Å². The lowest BCUT2D eigenvalue weighted by molar-refractivity contribution is -0.385. The van der Waals surface area contributed by atoms with Gasteiger partial charge >= 0.3 is 0 Å². The number of non-ortho nitro benzene ring substituents is 1. The molecule has 0 aliphatic rings. The normalized spacial score (nSPS) is 10.2. The van der Waals surface area contributed by atoms with Gasteiger partial charge in [0.2, 0.25) is 0 Å². The van der Waals surface area contributed by atoms with E-state index in [1.54, 1.807) is 18.2 Å². The topological polar surface area (TPSA) is 72.2 Å². The minimum Gasteiger partial charge on any atom is -0.321 e. The standard InChI is InChI=1S/C13H7ClFIN2O3/c14-7-1-4-12(11(16)5-7)17-13(19)9-3-2-8(18(20)21)6-10(9)15/h1-6H,(H,17,19). The highest BCUT2D eigenvalue weighted by atomic mass is 127. The minimum atomic E-state index is -0.953. The number of nitrogens with zero attached hydrogens (tertiary/aromatic N) is 1. The van der Waals surface area contributed by atoms with E-state index < -0.39 is 22.3 Å². The average molecular weight is 421 g/mol. The van der Waals surface area contributed by atoms with Gasteiger partial charge in [-0.3, -0.25) is 14.9 Å². The Kier molecular flexibility index (Phi) is 4.73. The van der Waals surface area contributed by atoms with Gasteiger partial charge in [0.15, 0.2) is 0 Å². The summed E-state index contributed by atoms with van der Waals surface area (Å²) >= 11 is 7.78. The summed E-state index contributed by atoms with van der Waals surface area (Å²) in [6.07, 6.45) is 0. The van der Waals surface area contributed by atoms with Crippen molar-refractivity contribution in [3.63, 3.8) is 0 Å². The molecule has 0 atom stereocenters. The van der Waals surface area contributed by atoms with Gasteiger partial charge in [0.05, 0.1) is 22.2 Å². The number of anilines is 1. The van der Waals surface area contributed by atoms with Crippen LogP contribution in [0.5, 0.6) is 0 Å². The Morgan fingerprint density at radius 1 is 1.29 bits per heavy atom. The van der Waals surface area contributed by atoms with Crippen LogP contribution in [0.2, 0.25) is 5.02 Å². The number of carbonyl (C=O) groups excluding carboxylic acids is 1. The summed E-state index contributed by atoms with van der Waals surface area (Å²) < 4.78 is 14.4. The van der Waals surface area contributed by atoms with Crippen molar-refractivity contribution in [3.05, 3.63) is 66.5 Å². The average Bonchev–Trinajstić information content (AvgIpc) is 2.41. The highest BCUT2D eigenvalue weighted by Gasteiger charge is 2.17. The molecule has 0 aliphatic carbocycles. The van der Waals surface area contributed by atoms with Gasteiger partial charge in [-0.05, 0) is 46.9 Å². The summed E-state index contributed by atoms with van der Waals surface area (Å²) in [4.78, 5) is 21.8. The minimum absolute atomic E-state index is 0.272. The van der Waals surface area contributed by atoms with Crippen LogP contribution in [0, 0.1) is 19.5 Å². The van der Waals surface area contributed by atoms with E-state index in [1.165, 1.54) is 0 Å². The number of nitro groups is 1. The Labute approximate surface area is 137 Å². The SMILES string of the molecule is O=C(Nc1ccc(Cl)cc1I)c1ccc([N+](=O)[O-])cc1F. The molecule has 5 nitrogen and oxygen atoms in total. The quantitative estimate of drug-likeness (QED) is 0.458. The van der Waals surface area contributed by atoms with E-state index in [4.69, 9.17) is 11.6 Å². The summed E-state index contributed by atoms with van der Waals surface area (Å²) in [5.74, 6) is -1.65. The number of hydrogen-bond donors (Lipinski definition) is 1. The van der Waals surface area contributed by atoms with Crippen LogP contribution in [0.1, 0.15) is 10.4 Å². The molecule has 0 bridgehead atoms. The monoisotopic (exact) mass is 420 g/mol. The van der Waals surface area contributed by atoms with E-state index in [-0.39, 0.29) is 5.56 Å². The van der Waals surface area contributed by atoms with Crippen LogP contribution in [0.4, 0.5) is 15.8 Å². The number of amides is 1. The number of benzene rings is 2. The lowest BCUT2D eigenvalue weighted by atomic mass is 10.1. The molecule has 0 saturated heterocycles. The number of nitro benzene ring substituents is 1. The third kappa shape index (κ3) is 3.67. The van der Waals surface area contributed by atoms with Crippen molar-refractivity contribution in [2.24, 2.45) is 0 Å². The van der Waals surface area contributed by atoms with E-state index in [2.05, 4.69) is 5.32 Å². The lowest BCUT2D eigenvalue weighted by Crippen LogP contribution is -2.14. The molecular formula is C13H7ClFIN2O3. The maximum Gasteiger partial charge on any atom is 0.272 e. The Hall–Kier alpha value is -1.74. The molecule has 0 spiro atoms. The summed E-state index contributed by atoms with van der Waals surface area (Å²) in [5, 5.41) is 13.6. The third-order valence-electron chi connectivity index (χ3n) is 2.59. The molecule has 2 aromatic rings. The number of carbonyl (C=O) groups is 1. The van der Waals surface area contributed by atoms with Gasteiger partial charge in [-0.1, -0.05) is 11.6 Å². The van der Waals surface area contributed by atoms with Gasteiger partial charge in [0.25, 0.3) is 11.6 Å². The zero-order chi connectivity index (χ0) is 15.6. The molecule has 0 radical (unpaired) electrons. The zero-order valence-electron chi connectivity index (χ0n) is 10.3. The molecule has 2 aromatic carbocycles. The van der Waals surface area contributed by atoms with E-state index in [0.29, 0.717) is 20.3 Å². The van der Waals surface area contributed by atoms with Crippen LogP contribution in [0.25, 0.3) is 0 Å². The second-order valence-corrected chi connectivity index (χ2v) is 5.60. The number of hydrogen-bond acceptors (Lipinski definition) is 3. The van der Waals surface area contributed by atoms with E-state index in [0.717, 1.165) is 12.1 Å². The molecule has 0 aliphatic heterocycles. The van der Waals surface area contributed by atoms with Gasteiger partial charge in [0.1, 0.15) is 5.82 Å². The van der Waals surface area contributed by atoms with Crippen LogP contribution in [0.15, 0.2) is 36.4 Å². The molecule has 108 valence electrons. The summed E-state index contributed by atoms with van der Waals surface area (Å²) in [7, 11) is 0. The van der Waals surface area contributed by atoms with Crippen LogP contribution >= 0.6 is 34.2 Å². The first kappa shape index (κ1) is 15.6. The lowest BCUT2D eigenvalue weighted by Gasteiger charge is -2.08. The molecule has 8 heteroatoms. The highest BCUT2D eigenvalue weighted by molar-refractivity contribution is 14.1. The molecule has 0 heterocycles. The highest BCUT2D eigenvalue weighted by Crippen LogP contribution is 2.24. The van der Waals surface area contributed by atoms with Crippen molar-refractivity contribution in [2.45, 2.75) is 0 Å². The Balaban J connectivity index is 2.26. The largest absolute Gasteiger partial charge is 0.321 e. The van der Waals surface area contributed by atoms with Crippen LogP contribution in [-0.4, -0.2) is 10.8 Å². The molecule has 1 N–H and O–H groups in total. The molecule has 21 heavy (non-hydrogen) atoms. The first-order valence-electron chi connectivity index (χ1n) is 5.59. The fourth-order valence-corrected chi connectivity index (χ4v) is 2.59. The van der Waals surface area contributed by atoms with Gasteiger partial charge < -0.3 is 5.32 Å². The summed E-state index contributed by atoms with van der Waals surface area (Å²) in [6, 6.07) is 7.68. The summed E-state index contributed by atoms with van der Waals surface area (Å²) in [5.41, 5.74) is -0.209. The predicted molar refractivity (Wildman–Crippen MR) is 85.2 cm³/mol. The van der Waals surface area contributed by atoms with Crippen LogP contribution in [-0.2, 0) is 0 Å². The maximum absolute atomic E-state index is 13.7. The van der Waals surface area contributed by atoms with Crippen molar-refractivity contribution >= 4 is 51.5 Å². The first-order chi connectivity index (χ1) is 9.88. The molecule has 0 fully saturated rings. The first-order valence-corrected chi connectivity index (χ1v) is 7.04. The molecule has 0 saturated carbocycles. The molecule has 2 rings (SSSR count). The van der Waals surface area contributed by atoms with E-state index >= 15 is 0 Å². The Bertz CT molecular complexity index is 739. The Morgan fingerprint density at radius 3 is 2.57 bits per heavy atom. The second kappa shape index (κ2) is 6.35. The Morgan fingerprint density at radius 2 is 2.00 bits per heavy atom. The smallest absolute Gasteiger partial charge is 0.272 e. The van der Waals surface area contributed by atoms with Crippen molar-refractivity contribution in [2.75, 3.05) is 5.32 Å². The summed E-state index contributed by atoms with van der Waals surface area (Å²) in [6.45, 7) is 0. The van der Waals surface area contributed by atoms with Crippen molar-refractivity contribution in [1.82, 2.24) is 0 Å². The van der Waals surface area contributed by atoms with Gasteiger partial charge in [-0.25, -0.2) is 4.39 Å². The molecule has 1 amide bonds. The second-order valence-electron chi connectivity index (χ2n) is 4.00. The molecule has 0 aromatic heterocycles. The molecular weight excluding hydrogens is 414 g/mol. The number of nitrogens with one attached hydrogen (secondary N) is 1. The van der Waals surface area contributed by atoms with Crippen molar-refractivity contribution < 1.29 is 14.1 Å². The maximum atomic E-state index is 13.7. The number of rotatable bonds is 3. The van der Waals surface area contributed by atoms with Crippen LogP contribution in [0.3, 0.4) is 0 Å². The number of halogens is 3. The van der Waals surface area contributed by atoms with Gasteiger partial charge in [-0.15, -0.1) is 0 Å². The fraction of sp³-hybridized carbons (Fsp3) is 0.